The van der Waals surface area contributed by atoms with Gasteiger partial charge in [-0.15, -0.1) is 0 Å². The van der Waals surface area contributed by atoms with Crippen molar-refractivity contribution in [1.82, 2.24) is 24.9 Å². The van der Waals surface area contributed by atoms with Gasteiger partial charge in [-0.3, -0.25) is 9.36 Å². The van der Waals surface area contributed by atoms with Gasteiger partial charge in [-0.25, -0.2) is 0 Å². The molecule has 0 radical (unpaired) electrons. The summed E-state index contributed by atoms with van der Waals surface area (Å²) >= 11 is 3.66. The standard InChI is InChI=1S/C14H22BrN5/c1-4-7-16-9-11-6-8-17-20(11)10-13-14(15)12(5-2)18-19(13)3/h6,8,16H,4-5,7,9-10H2,1-3H3. The molecule has 0 aliphatic heterocycles. The molecule has 0 aliphatic carbocycles. The Labute approximate surface area is 128 Å². The fourth-order valence-electron chi connectivity index (χ4n) is 2.18. The summed E-state index contributed by atoms with van der Waals surface area (Å²) in [6, 6.07) is 2.06. The summed E-state index contributed by atoms with van der Waals surface area (Å²) in [6.07, 6.45) is 3.92. The highest BCUT2D eigenvalue weighted by Crippen LogP contribution is 2.22. The Kier molecular flexibility index (Phi) is 5.37. The van der Waals surface area contributed by atoms with E-state index in [9.17, 15) is 0 Å². The van der Waals surface area contributed by atoms with Crippen molar-refractivity contribution < 1.29 is 0 Å². The quantitative estimate of drug-likeness (QED) is 0.788. The molecule has 1 N–H and O–H groups in total. The van der Waals surface area contributed by atoms with Crippen LogP contribution in [0.1, 0.15) is 37.4 Å². The lowest BCUT2D eigenvalue weighted by atomic mass is 10.3. The van der Waals surface area contributed by atoms with E-state index in [1.165, 1.54) is 5.69 Å². The predicted octanol–water partition coefficient (Wildman–Crippen LogP) is 2.49. The van der Waals surface area contributed by atoms with Crippen LogP contribution in [0.2, 0.25) is 0 Å². The zero-order chi connectivity index (χ0) is 14.5. The van der Waals surface area contributed by atoms with Crippen molar-refractivity contribution in [2.45, 2.75) is 39.8 Å². The van der Waals surface area contributed by atoms with Gasteiger partial charge in [0.15, 0.2) is 0 Å². The summed E-state index contributed by atoms with van der Waals surface area (Å²) in [5.41, 5.74) is 3.45. The minimum Gasteiger partial charge on any atom is -0.311 e. The van der Waals surface area contributed by atoms with Gasteiger partial charge in [-0.1, -0.05) is 13.8 Å². The molecule has 0 saturated heterocycles. The van der Waals surface area contributed by atoms with Gasteiger partial charge in [0.2, 0.25) is 0 Å². The first kappa shape index (κ1) is 15.3. The highest BCUT2D eigenvalue weighted by molar-refractivity contribution is 9.10. The summed E-state index contributed by atoms with van der Waals surface area (Å²) in [7, 11) is 1.98. The smallest absolute Gasteiger partial charge is 0.0843 e. The van der Waals surface area contributed by atoms with Crippen LogP contribution in [0, 0.1) is 0 Å². The maximum atomic E-state index is 4.53. The van der Waals surface area contributed by atoms with Crippen LogP contribution in [0.5, 0.6) is 0 Å². The minimum absolute atomic E-state index is 0.736. The lowest BCUT2D eigenvalue weighted by molar-refractivity contribution is 0.567. The Morgan fingerprint density at radius 3 is 2.80 bits per heavy atom. The molecule has 0 aliphatic rings. The zero-order valence-electron chi connectivity index (χ0n) is 12.4. The molecule has 5 nitrogen and oxygen atoms in total. The molecule has 2 rings (SSSR count). The summed E-state index contributed by atoms with van der Waals surface area (Å²) in [4.78, 5) is 0. The van der Waals surface area contributed by atoms with Gasteiger partial charge >= 0.3 is 0 Å². The van der Waals surface area contributed by atoms with Crippen LogP contribution in [-0.4, -0.2) is 26.1 Å². The van der Waals surface area contributed by atoms with Gasteiger partial charge in [0.05, 0.1) is 28.1 Å². The lowest BCUT2D eigenvalue weighted by Crippen LogP contribution is -2.18. The van der Waals surface area contributed by atoms with E-state index in [2.05, 4.69) is 51.4 Å². The molecule has 0 unspecified atom stereocenters. The Hall–Kier alpha value is -1.14. The van der Waals surface area contributed by atoms with Crippen molar-refractivity contribution in [2.75, 3.05) is 6.54 Å². The van der Waals surface area contributed by atoms with Crippen molar-refractivity contribution in [3.63, 3.8) is 0 Å². The molecular weight excluding hydrogens is 318 g/mol. The van der Waals surface area contributed by atoms with Crippen LogP contribution in [0.15, 0.2) is 16.7 Å². The second-order valence-corrected chi connectivity index (χ2v) is 5.63. The maximum absolute atomic E-state index is 4.53. The number of nitrogens with one attached hydrogen (secondary N) is 1. The van der Waals surface area contributed by atoms with Crippen molar-refractivity contribution >= 4 is 15.9 Å². The Morgan fingerprint density at radius 1 is 1.35 bits per heavy atom. The Morgan fingerprint density at radius 2 is 2.15 bits per heavy atom. The van der Waals surface area contributed by atoms with Gasteiger partial charge in [0, 0.05) is 19.8 Å². The lowest BCUT2D eigenvalue weighted by Gasteiger charge is -2.09. The second kappa shape index (κ2) is 7.04. The van der Waals surface area contributed by atoms with Crippen LogP contribution in [-0.2, 0) is 26.6 Å². The minimum atomic E-state index is 0.736. The molecule has 0 aromatic carbocycles. The largest absolute Gasteiger partial charge is 0.311 e. The number of halogens is 1. The van der Waals surface area contributed by atoms with Gasteiger partial charge in [-0.05, 0) is 41.4 Å². The SMILES string of the molecule is CCCNCc1ccnn1Cc1c(Br)c(CC)nn1C. The van der Waals surface area contributed by atoms with Gasteiger partial charge in [0.1, 0.15) is 0 Å². The number of hydrogen-bond donors (Lipinski definition) is 1. The number of nitrogens with zero attached hydrogens (tertiary/aromatic N) is 4. The van der Waals surface area contributed by atoms with E-state index in [-0.39, 0.29) is 0 Å². The van der Waals surface area contributed by atoms with Gasteiger partial charge in [-0.2, -0.15) is 10.2 Å². The van der Waals surface area contributed by atoms with Crippen LogP contribution in [0.25, 0.3) is 0 Å². The second-order valence-electron chi connectivity index (χ2n) is 4.84. The molecule has 0 atom stereocenters. The highest BCUT2D eigenvalue weighted by atomic mass is 79.9. The third-order valence-corrected chi connectivity index (χ3v) is 4.26. The van der Waals surface area contributed by atoms with Crippen LogP contribution >= 0.6 is 15.9 Å². The number of aromatic nitrogens is 4. The molecule has 2 heterocycles. The Balaban J connectivity index is 2.14. The summed E-state index contributed by atoms with van der Waals surface area (Å²) < 4.78 is 5.07. The van der Waals surface area contributed by atoms with Crippen molar-refractivity contribution in [3.05, 3.63) is 33.8 Å². The molecule has 2 aromatic heterocycles. The number of rotatable bonds is 7. The van der Waals surface area contributed by atoms with E-state index in [0.29, 0.717) is 0 Å². The van der Waals surface area contributed by atoms with E-state index in [0.717, 1.165) is 48.3 Å². The van der Waals surface area contributed by atoms with Gasteiger partial charge in [0.25, 0.3) is 0 Å². The van der Waals surface area contributed by atoms with Gasteiger partial charge < -0.3 is 5.32 Å². The molecule has 0 saturated carbocycles. The molecule has 0 fully saturated rings. The summed E-state index contributed by atoms with van der Waals surface area (Å²) in [6.45, 7) is 6.90. The normalized spacial score (nSPS) is 11.2. The topological polar surface area (TPSA) is 47.7 Å². The highest BCUT2D eigenvalue weighted by Gasteiger charge is 2.14. The molecule has 110 valence electrons. The fourth-order valence-corrected chi connectivity index (χ4v) is 2.92. The number of hydrogen-bond acceptors (Lipinski definition) is 3. The molecular formula is C14H22BrN5. The fraction of sp³-hybridized carbons (Fsp3) is 0.571. The van der Waals surface area contributed by atoms with Crippen molar-refractivity contribution in [3.8, 4) is 0 Å². The van der Waals surface area contributed by atoms with E-state index >= 15 is 0 Å². The van der Waals surface area contributed by atoms with Crippen molar-refractivity contribution in [2.24, 2.45) is 7.05 Å². The van der Waals surface area contributed by atoms with Crippen LogP contribution in [0.4, 0.5) is 0 Å². The third kappa shape index (κ3) is 3.30. The molecule has 20 heavy (non-hydrogen) atoms. The molecule has 0 bridgehead atoms. The Bertz CT molecular complexity index is 558. The third-order valence-electron chi connectivity index (χ3n) is 3.34. The first-order valence-corrected chi connectivity index (χ1v) is 7.88. The molecule has 0 amide bonds. The first-order valence-electron chi connectivity index (χ1n) is 7.09. The first-order chi connectivity index (χ1) is 9.67. The van der Waals surface area contributed by atoms with Crippen LogP contribution < -0.4 is 5.32 Å². The van der Waals surface area contributed by atoms with Crippen molar-refractivity contribution in [1.29, 1.82) is 0 Å². The monoisotopic (exact) mass is 339 g/mol. The van der Waals surface area contributed by atoms with E-state index < -0.39 is 0 Å². The van der Waals surface area contributed by atoms with E-state index in [1.54, 1.807) is 0 Å². The molecule has 2 aromatic rings. The van der Waals surface area contributed by atoms with E-state index in [1.807, 2.05) is 22.6 Å². The number of aryl methyl sites for hydroxylation is 2. The average Bonchev–Trinajstić information content (AvgIpc) is 2.98. The van der Waals surface area contributed by atoms with Crippen LogP contribution in [0.3, 0.4) is 0 Å². The molecule has 0 spiro atoms. The average molecular weight is 340 g/mol. The summed E-state index contributed by atoms with van der Waals surface area (Å²) in [5.74, 6) is 0. The summed E-state index contributed by atoms with van der Waals surface area (Å²) in [5, 5.41) is 12.4. The zero-order valence-corrected chi connectivity index (χ0v) is 13.9. The van der Waals surface area contributed by atoms with E-state index in [4.69, 9.17) is 0 Å². The molecule has 6 heteroatoms. The predicted molar refractivity (Wildman–Crippen MR) is 83.6 cm³/mol. The maximum Gasteiger partial charge on any atom is 0.0843 e.